The van der Waals surface area contributed by atoms with Crippen molar-refractivity contribution in [1.82, 2.24) is 4.90 Å². The number of fused-ring (bicyclic) bond motifs is 1. The molecule has 1 aliphatic rings. The summed E-state index contributed by atoms with van der Waals surface area (Å²) >= 11 is 0. The number of nitrogens with zero attached hydrogens (tertiary/aromatic N) is 2. The average molecular weight is 530 g/mol. The fraction of sp³-hybridized carbons (Fsp3) is 0.310. The third-order valence-electron chi connectivity index (χ3n) is 6.77. The third-order valence-corrected chi connectivity index (χ3v) is 6.77. The maximum absolute atomic E-state index is 11.2. The summed E-state index contributed by atoms with van der Waals surface area (Å²) in [5.74, 6) is 1.62. The Bertz CT molecular complexity index is 1220. The van der Waals surface area contributed by atoms with Crippen LogP contribution in [0.1, 0.15) is 23.0 Å². The first-order valence-corrected chi connectivity index (χ1v) is 12.1. The number of furan rings is 1. The number of rotatable bonds is 8. The first-order chi connectivity index (χ1) is 16.7. The molecule has 1 fully saturated rings. The number of hydrogen-bond donors (Lipinski definition) is 1. The van der Waals surface area contributed by atoms with Gasteiger partial charge in [-0.15, -0.1) is 24.8 Å². The first kappa shape index (κ1) is 27.9. The minimum atomic E-state index is -0.656. The van der Waals surface area contributed by atoms with Gasteiger partial charge >= 0.3 is 0 Å². The Morgan fingerprint density at radius 1 is 0.833 bits per heavy atom. The predicted octanol–water partition coefficient (Wildman–Crippen LogP) is 5.93. The van der Waals surface area contributed by atoms with Crippen LogP contribution in [-0.4, -0.2) is 49.8 Å². The zero-order valence-corrected chi connectivity index (χ0v) is 22.1. The zero-order valence-electron chi connectivity index (χ0n) is 20.5. The minimum absolute atomic E-state index is 0. The van der Waals surface area contributed by atoms with Crippen molar-refractivity contribution in [2.24, 2.45) is 0 Å². The molecule has 1 aliphatic heterocycles. The molecule has 4 aromatic rings. The Morgan fingerprint density at radius 2 is 1.50 bits per heavy atom. The lowest BCUT2D eigenvalue weighted by Crippen LogP contribution is -2.47. The highest BCUT2D eigenvalue weighted by Gasteiger charge is 2.26. The summed E-state index contributed by atoms with van der Waals surface area (Å²) in [6.07, 6.45) is 1.10. The minimum Gasteiger partial charge on any atom is -0.495 e. The Labute approximate surface area is 225 Å². The van der Waals surface area contributed by atoms with Crippen molar-refractivity contribution in [3.8, 4) is 5.75 Å². The SMILES string of the molecule is COc1ccccc1N1CCN(CC(O)c2oc3ccccc3c2CCc2ccccc2)CC1.Cl.Cl. The molecule has 0 amide bonds. The molecule has 2 heterocycles. The fourth-order valence-corrected chi connectivity index (χ4v) is 4.95. The molecule has 0 saturated carbocycles. The lowest BCUT2D eigenvalue weighted by molar-refractivity contribution is 0.0920. The van der Waals surface area contributed by atoms with Crippen molar-refractivity contribution >= 4 is 41.5 Å². The van der Waals surface area contributed by atoms with Crippen molar-refractivity contribution in [3.05, 3.63) is 95.7 Å². The Kier molecular flexibility index (Phi) is 10.1. The van der Waals surface area contributed by atoms with Gasteiger partial charge in [0.05, 0.1) is 12.8 Å². The molecule has 7 heteroatoms. The van der Waals surface area contributed by atoms with E-state index in [2.05, 4.69) is 46.2 Å². The molecule has 0 radical (unpaired) electrons. The van der Waals surface area contributed by atoms with Gasteiger partial charge in [-0.3, -0.25) is 4.90 Å². The van der Waals surface area contributed by atoms with E-state index in [0.717, 1.165) is 67.0 Å². The lowest BCUT2D eigenvalue weighted by Gasteiger charge is -2.37. The molecule has 1 atom stereocenters. The number of halogens is 2. The normalized spacial score (nSPS) is 14.7. The summed E-state index contributed by atoms with van der Waals surface area (Å²) < 4.78 is 11.7. The van der Waals surface area contributed by atoms with Crippen LogP contribution in [0.15, 0.2) is 83.3 Å². The second-order valence-electron chi connectivity index (χ2n) is 8.90. The molecule has 5 nitrogen and oxygen atoms in total. The van der Waals surface area contributed by atoms with Crippen LogP contribution in [0.25, 0.3) is 11.0 Å². The molecule has 1 aromatic heterocycles. The maximum Gasteiger partial charge on any atom is 0.142 e. The van der Waals surface area contributed by atoms with Crippen molar-refractivity contribution in [1.29, 1.82) is 0 Å². The number of para-hydroxylation sites is 3. The second kappa shape index (κ2) is 13.0. The molecule has 1 unspecified atom stereocenters. The van der Waals surface area contributed by atoms with Crippen LogP contribution < -0.4 is 9.64 Å². The topological polar surface area (TPSA) is 49.1 Å². The van der Waals surface area contributed by atoms with Crippen LogP contribution >= 0.6 is 24.8 Å². The van der Waals surface area contributed by atoms with Crippen molar-refractivity contribution in [2.45, 2.75) is 18.9 Å². The zero-order chi connectivity index (χ0) is 23.3. The first-order valence-electron chi connectivity index (χ1n) is 12.1. The summed E-state index contributed by atoms with van der Waals surface area (Å²) in [6.45, 7) is 4.13. The van der Waals surface area contributed by atoms with Gasteiger partial charge in [-0.25, -0.2) is 0 Å². The van der Waals surface area contributed by atoms with E-state index in [0.29, 0.717) is 12.3 Å². The van der Waals surface area contributed by atoms with Gasteiger partial charge in [-0.1, -0.05) is 60.7 Å². The van der Waals surface area contributed by atoms with Gasteiger partial charge in [-0.2, -0.15) is 0 Å². The number of aryl methyl sites for hydroxylation is 2. The number of anilines is 1. The van der Waals surface area contributed by atoms with E-state index in [9.17, 15) is 5.11 Å². The smallest absolute Gasteiger partial charge is 0.142 e. The number of β-amino-alcohol motifs (C(OH)–C–C–N with tert-alkyl or cyclic N) is 1. The highest BCUT2D eigenvalue weighted by molar-refractivity contribution is 5.85. The van der Waals surface area contributed by atoms with E-state index in [-0.39, 0.29) is 24.8 Å². The lowest BCUT2D eigenvalue weighted by atomic mass is 9.99. The van der Waals surface area contributed by atoms with Crippen LogP contribution in [0.2, 0.25) is 0 Å². The van der Waals surface area contributed by atoms with Crippen LogP contribution in [0, 0.1) is 0 Å². The molecular formula is C29H34Cl2N2O3. The molecule has 0 bridgehead atoms. The largest absolute Gasteiger partial charge is 0.495 e. The average Bonchev–Trinajstić information content (AvgIpc) is 3.27. The van der Waals surface area contributed by atoms with E-state index in [1.54, 1.807) is 7.11 Å². The fourth-order valence-electron chi connectivity index (χ4n) is 4.95. The molecule has 36 heavy (non-hydrogen) atoms. The van der Waals surface area contributed by atoms with Gasteiger partial charge in [-0.05, 0) is 36.6 Å². The standard InChI is InChI=1S/C29H32N2O3.2ClH/c1-33-28-14-8-6-12-25(28)31-19-17-30(18-20-31)21-26(32)29-24(16-15-22-9-3-2-4-10-22)23-11-5-7-13-27(23)34-29;;/h2-14,26,32H,15-21H2,1H3;2*1H. The summed E-state index contributed by atoms with van der Waals surface area (Å²) in [6, 6.07) is 26.8. The number of aliphatic hydroxyl groups is 1. The predicted molar refractivity (Wildman–Crippen MR) is 151 cm³/mol. The summed E-state index contributed by atoms with van der Waals surface area (Å²) in [5, 5.41) is 12.4. The molecule has 3 aromatic carbocycles. The van der Waals surface area contributed by atoms with Gasteiger partial charge in [0.1, 0.15) is 23.2 Å². The molecule has 0 aliphatic carbocycles. The Morgan fingerprint density at radius 3 is 2.25 bits per heavy atom. The second-order valence-corrected chi connectivity index (χ2v) is 8.90. The van der Waals surface area contributed by atoms with Crippen molar-refractivity contribution in [3.63, 3.8) is 0 Å². The quantitative estimate of drug-likeness (QED) is 0.307. The molecule has 1 N–H and O–H groups in total. The van der Waals surface area contributed by atoms with E-state index < -0.39 is 6.10 Å². The molecule has 192 valence electrons. The van der Waals surface area contributed by atoms with Gasteiger partial charge < -0.3 is 19.2 Å². The number of hydrogen-bond acceptors (Lipinski definition) is 5. The van der Waals surface area contributed by atoms with Crippen molar-refractivity contribution < 1.29 is 14.3 Å². The van der Waals surface area contributed by atoms with E-state index >= 15 is 0 Å². The van der Waals surface area contributed by atoms with Crippen LogP contribution in [0.4, 0.5) is 5.69 Å². The molecule has 1 saturated heterocycles. The summed E-state index contributed by atoms with van der Waals surface area (Å²) in [5.41, 5.74) is 4.39. The number of ether oxygens (including phenoxy) is 1. The Balaban J connectivity index is 0.00000180. The monoisotopic (exact) mass is 528 g/mol. The van der Waals surface area contributed by atoms with Crippen LogP contribution in [-0.2, 0) is 12.8 Å². The summed E-state index contributed by atoms with van der Waals surface area (Å²) in [7, 11) is 1.72. The maximum atomic E-state index is 11.2. The van der Waals surface area contributed by atoms with Gasteiger partial charge in [0.25, 0.3) is 0 Å². The molecule has 0 spiro atoms. The highest BCUT2D eigenvalue weighted by atomic mass is 35.5. The van der Waals surface area contributed by atoms with Gasteiger partial charge in [0.15, 0.2) is 0 Å². The number of piperazine rings is 1. The van der Waals surface area contributed by atoms with E-state index in [4.69, 9.17) is 9.15 Å². The van der Waals surface area contributed by atoms with E-state index in [1.165, 1.54) is 5.56 Å². The molecule has 5 rings (SSSR count). The van der Waals surface area contributed by atoms with Gasteiger partial charge in [0, 0.05) is 43.7 Å². The number of methoxy groups -OCH3 is 1. The van der Waals surface area contributed by atoms with E-state index in [1.807, 2.05) is 42.5 Å². The van der Waals surface area contributed by atoms with Crippen LogP contribution in [0.5, 0.6) is 5.75 Å². The Hall–Kier alpha value is -2.70. The van der Waals surface area contributed by atoms with Crippen molar-refractivity contribution in [2.75, 3.05) is 44.7 Å². The number of aliphatic hydroxyl groups excluding tert-OH is 1. The third kappa shape index (κ3) is 6.16. The molecular weight excluding hydrogens is 495 g/mol. The number of benzene rings is 3. The van der Waals surface area contributed by atoms with Gasteiger partial charge in [0.2, 0.25) is 0 Å². The highest BCUT2D eigenvalue weighted by Crippen LogP contribution is 2.33. The summed E-state index contributed by atoms with van der Waals surface area (Å²) in [4.78, 5) is 4.68. The van der Waals surface area contributed by atoms with Crippen LogP contribution in [0.3, 0.4) is 0 Å².